The minimum Gasteiger partial charge on any atom is -0.478 e. The first-order valence-corrected chi connectivity index (χ1v) is 9.15. The van der Waals surface area contributed by atoms with Gasteiger partial charge in [-0.25, -0.2) is 9.18 Å². The molecule has 0 atom stereocenters. The molecule has 1 fully saturated rings. The Morgan fingerprint density at radius 3 is 2.75 bits per heavy atom. The molecule has 28 heavy (non-hydrogen) atoms. The number of aromatic nitrogens is 1. The number of aliphatic imine (C=N–C) groups is 1. The third-order valence-corrected chi connectivity index (χ3v) is 5.04. The molecule has 1 heterocycles. The molecule has 1 saturated carbocycles. The molecule has 0 amide bonds. The third-order valence-electron chi connectivity index (χ3n) is 5.04. The van der Waals surface area contributed by atoms with E-state index in [1.54, 1.807) is 30.4 Å². The van der Waals surface area contributed by atoms with E-state index in [-0.39, 0.29) is 16.8 Å². The molecular weight excluding hydrogens is 359 g/mol. The Morgan fingerprint density at radius 2 is 2.21 bits per heavy atom. The van der Waals surface area contributed by atoms with E-state index in [0.29, 0.717) is 18.1 Å². The van der Waals surface area contributed by atoms with Crippen molar-refractivity contribution in [1.29, 1.82) is 0 Å². The molecule has 1 aliphatic rings. The number of nitrogens with zero attached hydrogens (tertiary/aromatic N) is 3. The van der Waals surface area contributed by atoms with Gasteiger partial charge in [-0.3, -0.25) is 9.98 Å². The highest BCUT2D eigenvalue weighted by molar-refractivity contribution is 5.89. The van der Waals surface area contributed by atoms with Gasteiger partial charge in [-0.1, -0.05) is 19.1 Å². The van der Waals surface area contributed by atoms with E-state index in [1.165, 1.54) is 18.3 Å². The highest BCUT2D eigenvalue weighted by Gasteiger charge is 2.41. The van der Waals surface area contributed by atoms with Crippen molar-refractivity contribution in [3.63, 3.8) is 0 Å². The zero-order valence-corrected chi connectivity index (χ0v) is 16.6. The van der Waals surface area contributed by atoms with E-state index in [2.05, 4.69) is 21.9 Å². The molecule has 1 aliphatic carbocycles. The summed E-state index contributed by atoms with van der Waals surface area (Å²) in [6.45, 7) is 7.66. The first kappa shape index (κ1) is 21.3. The standard InChI is InChI=1S/C21H27FN4O2/c1-5-17(20(27)28)13-26(4)15(2)12-24-16(3)25-14-21(9-7-10-21)19-18(22)8-6-11-23-19/h5-6,8,11-13H,1,7,9-10,14H2,2-4H3,(H,24,25)(H,27,28)/b15-12+,17-13?. The fraction of sp³-hybridized carbons (Fsp3) is 0.381. The number of halogens is 1. The summed E-state index contributed by atoms with van der Waals surface area (Å²) in [5.74, 6) is -0.613. The lowest BCUT2D eigenvalue weighted by atomic mass is 9.66. The lowest BCUT2D eigenvalue weighted by molar-refractivity contribution is -0.132. The molecule has 0 unspecified atom stereocenters. The van der Waals surface area contributed by atoms with Crippen LogP contribution in [0.3, 0.4) is 0 Å². The summed E-state index contributed by atoms with van der Waals surface area (Å²) in [6, 6.07) is 3.04. The molecule has 0 aromatic carbocycles. The summed E-state index contributed by atoms with van der Waals surface area (Å²) in [5.41, 5.74) is 1.07. The molecule has 0 spiro atoms. The average molecular weight is 386 g/mol. The average Bonchev–Trinajstić information content (AvgIpc) is 2.63. The quantitative estimate of drug-likeness (QED) is 0.309. The highest BCUT2D eigenvalue weighted by atomic mass is 19.1. The molecule has 150 valence electrons. The van der Waals surface area contributed by atoms with Gasteiger partial charge in [0.2, 0.25) is 0 Å². The topological polar surface area (TPSA) is 77.8 Å². The molecule has 0 bridgehead atoms. The Balaban J connectivity index is 2.04. The molecule has 0 aliphatic heterocycles. The molecular formula is C21H27FN4O2. The van der Waals surface area contributed by atoms with Crippen molar-refractivity contribution in [3.05, 3.63) is 66.2 Å². The van der Waals surface area contributed by atoms with Crippen LogP contribution in [0.1, 0.15) is 38.8 Å². The Hall–Kier alpha value is -2.96. The van der Waals surface area contributed by atoms with Crippen molar-refractivity contribution in [1.82, 2.24) is 15.2 Å². The number of hydrogen-bond acceptors (Lipinski definition) is 4. The first-order valence-electron chi connectivity index (χ1n) is 9.15. The van der Waals surface area contributed by atoms with Gasteiger partial charge in [0.15, 0.2) is 0 Å². The number of amidine groups is 1. The van der Waals surface area contributed by atoms with Gasteiger partial charge in [0.1, 0.15) is 5.82 Å². The van der Waals surface area contributed by atoms with Gasteiger partial charge >= 0.3 is 5.97 Å². The Kier molecular flexibility index (Phi) is 7.09. The number of nitrogens with one attached hydrogen (secondary N) is 1. The fourth-order valence-corrected chi connectivity index (χ4v) is 2.98. The van der Waals surface area contributed by atoms with E-state index >= 15 is 0 Å². The summed E-state index contributed by atoms with van der Waals surface area (Å²) in [4.78, 5) is 21.6. The predicted molar refractivity (Wildman–Crippen MR) is 108 cm³/mol. The second-order valence-electron chi connectivity index (χ2n) is 7.00. The van der Waals surface area contributed by atoms with Crippen molar-refractivity contribution in [2.45, 2.75) is 38.5 Å². The van der Waals surface area contributed by atoms with Crippen molar-refractivity contribution in [3.8, 4) is 0 Å². The summed E-state index contributed by atoms with van der Waals surface area (Å²) < 4.78 is 14.2. The minimum absolute atomic E-state index is 0.102. The van der Waals surface area contributed by atoms with E-state index < -0.39 is 5.97 Å². The minimum atomic E-state index is -1.03. The van der Waals surface area contributed by atoms with Crippen LogP contribution < -0.4 is 5.32 Å². The maximum Gasteiger partial charge on any atom is 0.337 e. The van der Waals surface area contributed by atoms with Gasteiger partial charge in [0, 0.05) is 36.8 Å². The Bertz CT molecular complexity index is 825. The monoisotopic (exact) mass is 386 g/mol. The Morgan fingerprint density at radius 1 is 1.50 bits per heavy atom. The molecule has 2 rings (SSSR count). The zero-order valence-electron chi connectivity index (χ0n) is 16.6. The van der Waals surface area contributed by atoms with Crippen LogP contribution in [0.25, 0.3) is 0 Å². The number of carbonyl (C=O) groups is 1. The second-order valence-corrected chi connectivity index (χ2v) is 7.00. The summed E-state index contributed by atoms with van der Waals surface area (Å²) in [5, 5.41) is 12.2. The predicted octanol–water partition coefficient (Wildman–Crippen LogP) is 3.60. The molecule has 6 nitrogen and oxygen atoms in total. The van der Waals surface area contributed by atoms with Gasteiger partial charge < -0.3 is 15.3 Å². The lowest BCUT2D eigenvalue weighted by Crippen LogP contribution is -2.39. The second kappa shape index (κ2) is 9.30. The van der Waals surface area contributed by atoms with Crippen molar-refractivity contribution in [2.24, 2.45) is 4.99 Å². The number of carboxylic acids is 1. The van der Waals surface area contributed by atoms with Crippen LogP contribution in [0.5, 0.6) is 0 Å². The summed E-state index contributed by atoms with van der Waals surface area (Å²) in [6.07, 6.45) is 8.94. The normalized spacial score (nSPS) is 16.9. The van der Waals surface area contributed by atoms with Crippen LogP contribution in [0.2, 0.25) is 0 Å². The van der Waals surface area contributed by atoms with Crippen molar-refractivity contribution < 1.29 is 14.3 Å². The van der Waals surface area contributed by atoms with Gasteiger partial charge in [-0.05, 0) is 38.8 Å². The molecule has 7 heteroatoms. The molecule has 0 radical (unpaired) electrons. The highest BCUT2D eigenvalue weighted by Crippen LogP contribution is 2.43. The Labute approximate surface area is 165 Å². The van der Waals surface area contributed by atoms with E-state index in [4.69, 9.17) is 5.11 Å². The number of aliphatic carboxylic acids is 1. The van der Waals surface area contributed by atoms with E-state index in [9.17, 15) is 9.18 Å². The smallest absolute Gasteiger partial charge is 0.337 e. The van der Waals surface area contributed by atoms with Gasteiger partial charge in [-0.15, -0.1) is 0 Å². The lowest BCUT2D eigenvalue weighted by Gasteiger charge is -2.40. The number of hydrogen-bond donors (Lipinski definition) is 2. The number of allylic oxidation sites excluding steroid dienone is 1. The van der Waals surface area contributed by atoms with Crippen LogP contribution in [0, 0.1) is 5.82 Å². The van der Waals surface area contributed by atoms with Gasteiger partial charge in [0.05, 0.1) is 23.6 Å². The van der Waals surface area contributed by atoms with Crippen LogP contribution in [0.15, 0.2) is 59.6 Å². The number of pyridine rings is 1. The number of carboxylic acid groups (broad SMARTS) is 1. The molecule has 1 aromatic heterocycles. The van der Waals surface area contributed by atoms with E-state index in [1.807, 2.05) is 13.8 Å². The fourth-order valence-electron chi connectivity index (χ4n) is 2.98. The molecule has 0 saturated heterocycles. The molecule has 2 N–H and O–H groups in total. The first-order chi connectivity index (χ1) is 13.3. The van der Waals surface area contributed by atoms with Crippen LogP contribution in [-0.2, 0) is 10.2 Å². The number of rotatable bonds is 8. The maximum atomic E-state index is 14.2. The van der Waals surface area contributed by atoms with Crippen molar-refractivity contribution in [2.75, 3.05) is 13.6 Å². The largest absolute Gasteiger partial charge is 0.478 e. The zero-order chi connectivity index (χ0) is 20.7. The van der Waals surface area contributed by atoms with Crippen molar-refractivity contribution >= 4 is 11.8 Å². The third kappa shape index (κ3) is 5.06. The SMILES string of the molecule is C=CC(=CN(C)/C(C)=C/NC(C)=NCC1(c2ncccc2F)CCC1)C(=O)O. The van der Waals surface area contributed by atoms with Crippen LogP contribution in [-0.4, -0.2) is 40.4 Å². The maximum absolute atomic E-state index is 14.2. The summed E-state index contributed by atoms with van der Waals surface area (Å²) in [7, 11) is 1.75. The van der Waals surface area contributed by atoms with Gasteiger partial charge in [0.25, 0.3) is 0 Å². The van der Waals surface area contributed by atoms with Gasteiger partial charge in [-0.2, -0.15) is 0 Å². The van der Waals surface area contributed by atoms with Crippen LogP contribution in [0.4, 0.5) is 4.39 Å². The molecule has 1 aromatic rings. The van der Waals surface area contributed by atoms with Crippen LogP contribution >= 0.6 is 0 Å². The summed E-state index contributed by atoms with van der Waals surface area (Å²) >= 11 is 0. The van der Waals surface area contributed by atoms with E-state index in [0.717, 1.165) is 25.0 Å².